The highest BCUT2D eigenvalue weighted by molar-refractivity contribution is 6.30. The molecule has 6 heteroatoms. The van der Waals surface area contributed by atoms with Crippen LogP contribution in [-0.2, 0) is 9.59 Å². The summed E-state index contributed by atoms with van der Waals surface area (Å²) in [4.78, 5) is 40.4. The van der Waals surface area contributed by atoms with Crippen molar-refractivity contribution < 1.29 is 19.1 Å². The Hall–Kier alpha value is -2.92. The van der Waals surface area contributed by atoms with Crippen LogP contribution in [0.3, 0.4) is 0 Å². The molecule has 1 aliphatic heterocycles. The summed E-state index contributed by atoms with van der Waals surface area (Å²) in [7, 11) is 0. The van der Waals surface area contributed by atoms with Crippen molar-refractivity contribution >= 4 is 35.1 Å². The molecule has 2 saturated carbocycles. The Morgan fingerprint density at radius 1 is 0.933 bits per heavy atom. The number of halogens is 1. The minimum atomic E-state index is -0.557. The molecule has 150 valence electrons. The molecule has 4 aliphatic carbocycles. The maximum atomic E-state index is 13.3. The Kier molecular flexibility index (Phi) is 3.75. The van der Waals surface area contributed by atoms with Crippen molar-refractivity contribution in [2.45, 2.75) is 6.42 Å². The Bertz CT molecular complexity index is 1090. The summed E-state index contributed by atoms with van der Waals surface area (Å²) in [5, 5.41) is 0.547. The lowest BCUT2D eigenvalue weighted by atomic mass is 9.63. The molecule has 0 aromatic heterocycles. The van der Waals surface area contributed by atoms with Crippen molar-refractivity contribution in [2.75, 3.05) is 4.90 Å². The Balaban J connectivity index is 1.28. The normalized spacial score (nSPS) is 32.8. The van der Waals surface area contributed by atoms with Crippen LogP contribution in [0.5, 0.6) is 5.75 Å². The van der Waals surface area contributed by atoms with Crippen LogP contribution in [0.1, 0.15) is 16.8 Å². The summed E-state index contributed by atoms with van der Waals surface area (Å²) in [6.45, 7) is 0. The monoisotopic (exact) mass is 419 g/mol. The zero-order valence-electron chi connectivity index (χ0n) is 15.9. The predicted molar refractivity (Wildman–Crippen MR) is 110 cm³/mol. The molecular weight excluding hydrogens is 402 g/mol. The van der Waals surface area contributed by atoms with Crippen LogP contribution in [0.25, 0.3) is 0 Å². The number of ether oxygens (including phenoxy) is 1. The summed E-state index contributed by atoms with van der Waals surface area (Å²) in [5.74, 6) is 0.457. The molecule has 1 saturated heterocycles. The second-order valence-electron chi connectivity index (χ2n) is 8.56. The fourth-order valence-corrected chi connectivity index (χ4v) is 5.78. The molecule has 3 fully saturated rings. The van der Waals surface area contributed by atoms with Gasteiger partial charge in [0.2, 0.25) is 11.8 Å². The number of imide groups is 1. The first-order valence-electron chi connectivity index (χ1n) is 10.2. The molecule has 7 rings (SSSR count). The Labute approximate surface area is 178 Å². The number of benzene rings is 2. The van der Waals surface area contributed by atoms with Crippen molar-refractivity contribution in [3.05, 3.63) is 71.3 Å². The van der Waals surface area contributed by atoms with E-state index in [2.05, 4.69) is 12.2 Å². The first-order valence-corrected chi connectivity index (χ1v) is 10.5. The number of anilines is 1. The molecule has 0 spiro atoms. The van der Waals surface area contributed by atoms with Gasteiger partial charge in [0.05, 0.1) is 23.1 Å². The molecular formula is C24H18ClNO4. The smallest absolute Gasteiger partial charge is 0.343 e. The zero-order chi connectivity index (χ0) is 20.6. The molecule has 2 aromatic carbocycles. The zero-order valence-corrected chi connectivity index (χ0v) is 16.7. The van der Waals surface area contributed by atoms with E-state index in [1.165, 1.54) is 4.90 Å². The number of carbonyl (C=O) groups is 3. The lowest BCUT2D eigenvalue weighted by Gasteiger charge is -2.37. The summed E-state index contributed by atoms with van der Waals surface area (Å²) in [5.41, 5.74) is 0.708. The van der Waals surface area contributed by atoms with Gasteiger partial charge in [0, 0.05) is 5.02 Å². The number of rotatable bonds is 3. The molecule has 2 amide bonds. The molecule has 6 atom stereocenters. The number of amides is 2. The van der Waals surface area contributed by atoms with E-state index in [-0.39, 0.29) is 41.0 Å². The number of carbonyl (C=O) groups excluding carboxylic acids is 3. The van der Waals surface area contributed by atoms with Gasteiger partial charge in [-0.1, -0.05) is 29.8 Å². The minimum Gasteiger partial charge on any atom is -0.423 e. The van der Waals surface area contributed by atoms with E-state index in [1.54, 1.807) is 48.5 Å². The largest absolute Gasteiger partial charge is 0.423 e. The first-order chi connectivity index (χ1) is 14.5. The summed E-state index contributed by atoms with van der Waals surface area (Å²) < 4.78 is 5.39. The summed E-state index contributed by atoms with van der Waals surface area (Å²) in [6, 6.07) is 13.0. The highest BCUT2D eigenvalue weighted by Gasteiger charge is 2.67. The third-order valence-electron chi connectivity index (χ3n) is 7.03. The predicted octanol–water partition coefficient (Wildman–Crippen LogP) is 4.12. The van der Waals surface area contributed by atoms with Crippen LogP contribution in [-0.4, -0.2) is 17.8 Å². The van der Waals surface area contributed by atoms with Gasteiger partial charge in [-0.25, -0.2) is 9.69 Å². The molecule has 30 heavy (non-hydrogen) atoms. The minimum absolute atomic E-state index is 0.141. The number of allylic oxidation sites excluding steroid dienone is 2. The Morgan fingerprint density at radius 2 is 1.57 bits per heavy atom. The van der Waals surface area contributed by atoms with Gasteiger partial charge in [0.1, 0.15) is 5.75 Å². The van der Waals surface area contributed by atoms with Gasteiger partial charge >= 0.3 is 5.97 Å². The third kappa shape index (κ3) is 2.51. The SMILES string of the molecule is O=C(Oc1ccc(Cl)cc1)c1cccc(N2C(=O)[C@@H]3[C@@H]4C=C[C@H]([C@H]5C[C@H]45)[C@@H]3C2=O)c1. The van der Waals surface area contributed by atoms with Crippen LogP contribution >= 0.6 is 11.6 Å². The lowest BCUT2D eigenvalue weighted by molar-refractivity contribution is -0.124. The van der Waals surface area contributed by atoms with Gasteiger partial charge in [-0.2, -0.15) is 0 Å². The molecule has 0 unspecified atom stereocenters. The summed E-state index contributed by atoms with van der Waals surface area (Å²) in [6.07, 6.45) is 5.42. The van der Waals surface area contributed by atoms with Gasteiger partial charge < -0.3 is 4.74 Å². The molecule has 5 nitrogen and oxygen atoms in total. The average Bonchev–Trinajstić information content (AvgIpc) is 3.53. The van der Waals surface area contributed by atoms with E-state index in [0.717, 1.165) is 6.42 Å². The van der Waals surface area contributed by atoms with Crippen molar-refractivity contribution in [3.63, 3.8) is 0 Å². The number of hydrogen-bond acceptors (Lipinski definition) is 4. The molecule has 1 heterocycles. The number of hydrogen-bond donors (Lipinski definition) is 0. The topological polar surface area (TPSA) is 63.7 Å². The van der Waals surface area contributed by atoms with E-state index in [4.69, 9.17) is 16.3 Å². The highest BCUT2D eigenvalue weighted by Crippen LogP contribution is 2.65. The maximum absolute atomic E-state index is 13.3. The van der Waals surface area contributed by atoms with Crippen LogP contribution in [0.4, 0.5) is 5.69 Å². The number of nitrogens with zero attached hydrogens (tertiary/aromatic N) is 1. The quantitative estimate of drug-likeness (QED) is 0.325. The van der Waals surface area contributed by atoms with E-state index >= 15 is 0 Å². The van der Waals surface area contributed by atoms with E-state index < -0.39 is 5.97 Å². The average molecular weight is 420 g/mol. The Morgan fingerprint density at radius 3 is 2.20 bits per heavy atom. The van der Waals surface area contributed by atoms with E-state index in [0.29, 0.717) is 28.3 Å². The first kappa shape index (κ1) is 17.9. The molecule has 2 aromatic rings. The molecule has 0 radical (unpaired) electrons. The van der Waals surface area contributed by atoms with Crippen molar-refractivity contribution in [2.24, 2.45) is 35.5 Å². The molecule has 2 bridgehead atoms. The van der Waals surface area contributed by atoms with Crippen LogP contribution in [0, 0.1) is 35.5 Å². The van der Waals surface area contributed by atoms with Gasteiger partial charge in [0.25, 0.3) is 0 Å². The third-order valence-corrected chi connectivity index (χ3v) is 7.28. The van der Waals surface area contributed by atoms with Crippen molar-refractivity contribution in [3.8, 4) is 5.75 Å². The fourth-order valence-electron chi connectivity index (χ4n) is 5.65. The van der Waals surface area contributed by atoms with Crippen molar-refractivity contribution in [1.82, 2.24) is 0 Å². The summed E-state index contributed by atoms with van der Waals surface area (Å²) >= 11 is 5.86. The van der Waals surface area contributed by atoms with E-state index in [1.807, 2.05) is 0 Å². The molecule has 0 N–H and O–H groups in total. The van der Waals surface area contributed by atoms with Gasteiger partial charge in [0.15, 0.2) is 0 Å². The van der Waals surface area contributed by atoms with Gasteiger partial charge in [-0.3, -0.25) is 9.59 Å². The fraction of sp³-hybridized carbons (Fsp3) is 0.292. The standard InChI is InChI=1S/C24H18ClNO4/c25-13-4-6-15(7-5-13)30-24(29)12-2-1-3-14(10-12)26-22(27)20-16-8-9-17(19-11-18(16)19)21(20)23(26)28/h1-10,16-21H,11H2/t16-,17-,18-,19-,20-,21+/m1/s1. The van der Waals surface area contributed by atoms with E-state index in [9.17, 15) is 14.4 Å². The van der Waals surface area contributed by atoms with Crippen LogP contribution in [0.15, 0.2) is 60.7 Å². The highest BCUT2D eigenvalue weighted by atomic mass is 35.5. The second-order valence-corrected chi connectivity index (χ2v) is 9.00. The maximum Gasteiger partial charge on any atom is 0.343 e. The van der Waals surface area contributed by atoms with Crippen molar-refractivity contribution in [1.29, 1.82) is 0 Å². The van der Waals surface area contributed by atoms with Gasteiger partial charge in [-0.15, -0.1) is 0 Å². The number of esters is 1. The molecule has 5 aliphatic rings. The van der Waals surface area contributed by atoms with Crippen LogP contribution < -0.4 is 9.64 Å². The van der Waals surface area contributed by atoms with Crippen LogP contribution in [0.2, 0.25) is 5.02 Å². The lowest BCUT2D eigenvalue weighted by Crippen LogP contribution is -2.40. The van der Waals surface area contributed by atoms with Gasteiger partial charge in [-0.05, 0) is 72.6 Å². The second kappa shape index (κ2) is 6.29.